The topological polar surface area (TPSA) is 49.8 Å². The van der Waals surface area contributed by atoms with Gasteiger partial charge in [0.05, 0.1) is 5.56 Å². The van der Waals surface area contributed by atoms with Gasteiger partial charge in [0, 0.05) is 13.1 Å². The Balaban J connectivity index is 1.52. The molecule has 0 radical (unpaired) electrons. The average Bonchev–Trinajstić information content (AvgIpc) is 3.05. The molecular formula is C19H20FNO3. The van der Waals surface area contributed by atoms with Crippen molar-refractivity contribution < 1.29 is 19.0 Å². The van der Waals surface area contributed by atoms with Crippen molar-refractivity contribution >= 4 is 5.97 Å². The minimum absolute atomic E-state index is 0.239. The Morgan fingerprint density at radius 1 is 1.21 bits per heavy atom. The highest BCUT2D eigenvalue weighted by molar-refractivity contribution is 5.89. The summed E-state index contributed by atoms with van der Waals surface area (Å²) in [6, 6.07) is 13.2. The SMILES string of the molecule is O=C(O)c1ccccc1[C@@H]1CCN(CCOc2ccc(F)cc2)C1. The van der Waals surface area contributed by atoms with E-state index in [1.807, 2.05) is 12.1 Å². The lowest BCUT2D eigenvalue weighted by Gasteiger charge is -2.17. The Bertz CT molecular complexity index is 702. The van der Waals surface area contributed by atoms with E-state index >= 15 is 0 Å². The molecule has 0 aliphatic carbocycles. The van der Waals surface area contributed by atoms with E-state index in [2.05, 4.69) is 4.90 Å². The summed E-state index contributed by atoms with van der Waals surface area (Å²) in [6.07, 6.45) is 0.945. The van der Waals surface area contributed by atoms with Gasteiger partial charge in [0.1, 0.15) is 18.2 Å². The van der Waals surface area contributed by atoms with Gasteiger partial charge in [-0.15, -0.1) is 0 Å². The van der Waals surface area contributed by atoms with Gasteiger partial charge >= 0.3 is 5.97 Å². The minimum Gasteiger partial charge on any atom is -0.492 e. The number of aromatic carboxylic acids is 1. The summed E-state index contributed by atoms with van der Waals surface area (Å²) in [5, 5.41) is 9.32. The monoisotopic (exact) mass is 329 g/mol. The molecule has 2 aromatic carbocycles. The molecule has 2 aromatic rings. The molecule has 126 valence electrons. The van der Waals surface area contributed by atoms with Crippen LogP contribution in [0.3, 0.4) is 0 Å². The first-order valence-corrected chi connectivity index (χ1v) is 8.06. The smallest absolute Gasteiger partial charge is 0.335 e. The molecule has 0 bridgehead atoms. The Labute approximate surface area is 140 Å². The number of carboxylic acids is 1. The summed E-state index contributed by atoms with van der Waals surface area (Å²) < 4.78 is 18.5. The summed E-state index contributed by atoms with van der Waals surface area (Å²) in [7, 11) is 0. The lowest BCUT2D eigenvalue weighted by Crippen LogP contribution is -2.26. The summed E-state index contributed by atoms with van der Waals surface area (Å²) in [5.41, 5.74) is 1.30. The van der Waals surface area contributed by atoms with Crippen LogP contribution in [0.15, 0.2) is 48.5 Å². The molecule has 3 rings (SSSR count). The first-order valence-electron chi connectivity index (χ1n) is 8.06. The van der Waals surface area contributed by atoms with Gasteiger partial charge in [0.2, 0.25) is 0 Å². The standard InChI is InChI=1S/C19H20FNO3/c20-15-5-7-16(8-6-15)24-12-11-21-10-9-14(13-21)17-3-1-2-4-18(17)19(22)23/h1-8,14H,9-13H2,(H,22,23)/t14-/m1/s1. The lowest BCUT2D eigenvalue weighted by molar-refractivity contribution is 0.0695. The summed E-state index contributed by atoms with van der Waals surface area (Å²) in [5.74, 6) is -0.253. The van der Waals surface area contributed by atoms with E-state index < -0.39 is 5.97 Å². The maximum Gasteiger partial charge on any atom is 0.335 e. The fourth-order valence-corrected chi connectivity index (χ4v) is 3.16. The second-order valence-electron chi connectivity index (χ2n) is 5.98. The van der Waals surface area contributed by atoms with Crippen molar-refractivity contribution in [1.82, 2.24) is 4.90 Å². The van der Waals surface area contributed by atoms with Gasteiger partial charge in [-0.2, -0.15) is 0 Å². The van der Waals surface area contributed by atoms with Gasteiger partial charge in [-0.05, 0) is 54.8 Å². The highest BCUT2D eigenvalue weighted by Crippen LogP contribution is 2.29. The van der Waals surface area contributed by atoms with Crippen LogP contribution in [0.25, 0.3) is 0 Å². The largest absolute Gasteiger partial charge is 0.492 e. The van der Waals surface area contributed by atoms with Crippen molar-refractivity contribution in [3.8, 4) is 5.75 Å². The predicted molar refractivity (Wildman–Crippen MR) is 89.1 cm³/mol. The van der Waals surface area contributed by atoms with Crippen molar-refractivity contribution in [2.75, 3.05) is 26.2 Å². The van der Waals surface area contributed by atoms with E-state index in [9.17, 15) is 14.3 Å². The van der Waals surface area contributed by atoms with Crippen LogP contribution >= 0.6 is 0 Å². The first-order chi connectivity index (χ1) is 11.6. The molecule has 0 aromatic heterocycles. The molecule has 1 atom stereocenters. The number of carboxylic acid groups (broad SMARTS) is 1. The van der Waals surface area contributed by atoms with E-state index in [1.54, 1.807) is 24.3 Å². The van der Waals surface area contributed by atoms with Crippen LogP contribution < -0.4 is 4.74 Å². The third-order valence-electron chi connectivity index (χ3n) is 4.39. The third-order valence-corrected chi connectivity index (χ3v) is 4.39. The molecule has 1 aliphatic heterocycles. The van der Waals surface area contributed by atoms with Gasteiger partial charge in [0.25, 0.3) is 0 Å². The summed E-state index contributed by atoms with van der Waals surface area (Å²) in [6.45, 7) is 3.05. The van der Waals surface area contributed by atoms with Gasteiger partial charge in [0.15, 0.2) is 0 Å². The molecule has 0 unspecified atom stereocenters. The number of likely N-dealkylation sites (tertiary alicyclic amines) is 1. The van der Waals surface area contributed by atoms with Crippen LogP contribution in [0, 0.1) is 5.82 Å². The molecule has 0 spiro atoms. The molecule has 1 heterocycles. The lowest BCUT2D eigenvalue weighted by atomic mass is 9.93. The van der Waals surface area contributed by atoms with Crippen LogP contribution in [0.2, 0.25) is 0 Å². The molecule has 1 fully saturated rings. The van der Waals surface area contributed by atoms with Gasteiger partial charge < -0.3 is 9.84 Å². The number of halogens is 1. The van der Waals surface area contributed by atoms with E-state index in [1.165, 1.54) is 12.1 Å². The predicted octanol–water partition coefficient (Wildman–Crippen LogP) is 3.39. The Hall–Kier alpha value is -2.40. The van der Waals surface area contributed by atoms with Gasteiger partial charge in [-0.3, -0.25) is 4.90 Å². The Kier molecular flexibility index (Phi) is 5.11. The molecule has 1 N–H and O–H groups in total. The van der Waals surface area contributed by atoms with Crippen LogP contribution in [-0.4, -0.2) is 42.2 Å². The highest BCUT2D eigenvalue weighted by Gasteiger charge is 2.26. The van der Waals surface area contributed by atoms with Crippen molar-refractivity contribution in [1.29, 1.82) is 0 Å². The number of hydrogen-bond acceptors (Lipinski definition) is 3. The van der Waals surface area contributed by atoms with Crippen LogP contribution in [0.5, 0.6) is 5.75 Å². The average molecular weight is 329 g/mol. The number of carbonyl (C=O) groups is 1. The molecule has 1 saturated heterocycles. The number of benzene rings is 2. The molecule has 0 amide bonds. The molecular weight excluding hydrogens is 309 g/mol. The number of hydrogen-bond donors (Lipinski definition) is 1. The fraction of sp³-hybridized carbons (Fsp3) is 0.316. The van der Waals surface area contributed by atoms with Crippen molar-refractivity contribution in [2.24, 2.45) is 0 Å². The maximum absolute atomic E-state index is 12.8. The van der Waals surface area contributed by atoms with Crippen LogP contribution in [0.4, 0.5) is 4.39 Å². The number of rotatable bonds is 6. The minimum atomic E-state index is -0.872. The van der Waals surface area contributed by atoms with Crippen molar-refractivity contribution in [3.63, 3.8) is 0 Å². The van der Waals surface area contributed by atoms with Crippen molar-refractivity contribution in [2.45, 2.75) is 12.3 Å². The molecule has 0 saturated carbocycles. The zero-order valence-corrected chi connectivity index (χ0v) is 13.3. The molecule has 4 nitrogen and oxygen atoms in total. The molecule has 24 heavy (non-hydrogen) atoms. The van der Waals surface area contributed by atoms with E-state index in [0.29, 0.717) is 17.9 Å². The second kappa shape index (κ2) is 7.45. The zero-order valence-electron chi connectivity index (χ0n) is 13.3. The summed E-state index contributed by atoms with van der Waals surface area (Å²) in [4.78, 5) is 13.6. The second-order valence-corrected chi connectivity index (χ2v) is 5.98. The van der Waals surface area contributed by atoms with Crippen LogP contribution in [0.1, 0.15) is 28.3 Å². The third kappa shape index (κ3) is 3.92. The van der Waals surface area contributed by atoms with Gasteiger partial charge in [-0.1, -0.05) is 18.2 Å². The molecule has 5 heteroatoms. The fourth-order valence-electron chi connectivity index (χ4n) is 3.16. The number of ether oxygens (including phenoxy) is 1. The first kappa shape index (κ1) is 16.5. The van der Waals surface area contributed by atoms with E-state index in [0.717, 1.165) is 31.6 Å². The van der Waals surface area contributed by atoms with Crippen molar-refractivity contribution in [3.05, 3.63) is 65.5 Å². The number of nitrogens with zero attached hydrogens (tertiary/aromatic N) is 1. The van der Waals surface area contributed by atoms with Gasteiger partial charge in [-0.25, -0.2) is 9.18 Å². The Morgan fingerprint density at radius 2 is 1.96 bits per heavy atom. The maximum atomic E-state index is 12.8. The highest BCUT2D eigenvalue weighted by atomic mass is 19.1. The quantitative estimate of drug-likeness (QED) is 0.882. The molecule has 1 aliphatic rings. The van der Waals surface area contributed by atoms with Crippen LogP contribution in [-0.2, 0) is 0 Å². The van der Waals surface area contributed by atoms with E-state index in [-0.39, 0.29) is 11.7 Å². The normalized spacial score (nSPS) is 17.8. The van der Waals surface area contributed by atoms with E-state index in [4.69, 9.17) is 4.74 Å². The zero-order chi connectivity index (χ0) is 16.9. The Morgan fingerprint density at radius 3 is 2.71 bits per heavy atom. The summed E-state index contributed by atoms with van der Waals surface area (Å²) >= 11 is 0.